The molecule has 1 amide bonds. The van der Waals surface area contributed by atoms with Crippen molar-refractivity contribution in [2.24, 2.45) is 4.99 Å². The van der Waals surface area contributed by atoms with Crippen LogP contribution in [0.2, 0.25) is 0 Å². The van der Waals surface area contributed by atoms with Crippen LogP contribution in [0.1, 0.15) is 34.4 Å². The molecule has 1 aliphatic heterocycles. The van der Waals surface area contributed by atoms with E-state index in [0.717, 1.165) is 29.1 Å². The second-order valence-electron chi connectivity index (χ2n) is 6.21. The standard InChI is InChI=1S/C20H20N2OS/c1-2-12-22-17(23)13-21-19(14-8-4-3-5-9-14)18-15-10-6-7-11-16(15)24-20(18)22/h2-5,8-9H,1,6-7,10-13H2. The lowest BCUT2D eigenvalue weighted by Gasteiger charge is -2.19. The maximum Gasteiger partial charge on any atom is 0.249 e. The number of hydrogen-bond acceptors (Lipinski definition) is 3. The van der Waals surface area contributed by atoms with Crippen molar-refractivity contribution in [2.45, 2.75) is 25.7 Å². The Morgan fingerprint density at radius 1 is 1.21 bits per heavy atom. The normalized spacial score (nSPS) is 16.9. The van der Waals surface area contributed by atoms with E-state index in [0.29, 0.717) is 6.54 Å². The van der Waals surface area contributed by atoms with Crippen molar-refractivity contribution in [3.05, 3.63) is 64.6 Å². The predicted octanol–water partition coefficient (Wildman–Crippen LogP) is 4.00. The number of aliphatic imine (C=N–C) groups is 1. The molecule has 1 aromatic carbocycles. The number of anilines is 1. The summed E-state index contributed by atoms with van der Waals surface area (Å²) in [4.78, 5) is 20.7. The summed E-state index contributed by atoms with van der Waals surface area (Å²) < 4.78 is 0. The monoisotopic (exact) mass is 336 g/mol. The van der Waals surface area contributed by atoms with Crippen molar-refractivity contribution in [1.29, 1.82) is 0 Å². The summed E-state index contributed by atoms with van der Waals surface area (Å²) >= 11 is 1.78. The Labute approximate surface area is 146 Å². The molecule has 2 aliphatic rings. The van der Waals surface area contributed by atoms with E-state index in [1.807, 2.05) is 23.1 Å². The molecule has 2 heterocycles. The van der Waals surface area contributed by atoms with E-state index in [1.165, 1.54) is 28.8 Å². The zero-order valence-electron chi connectivity index (χ0n) is 13.6. The van der Waals surface area contributed by atoms with Crippen LogP contribution in [0.25, 0.3) is 0 Å². The van der Waals surface area contributed by atoms with Crippen molar-refractivity contribution >= 4 is 28.0 Å². The highest BCUT2D eigenvalue weighted by Gasteiger charge is 2.31. The lowest BCUT2D eigenvalue weighted by Crippen LogP contribution is -2.31. The lowest BCUT2D eigenvalue weighted by atomic mass is 9.91. The summed E-state index contributed by atoms with van der Waals surface area (Å²) in [6.45, 7) is 4.57. The molecule has 4 rings (SSSR count). The Balaban J connectivity index is 1.94. The summed E-state index contributed by atoms with van der Waals surface area (Å²) in [5.74, 6) is 0.0562. The van der Waals surface area contributed by atoms with Gasteiger partial charge in [-0.05, 0) is 31.2 Å². The van der Waals surface area contributed by atoms with Crippen LogP contribution in [-0.2, 0) is 17.6 Å². The summed E-state index contributed by atoms with van der Waals surface area (Å²) in [5, 5.41) is 1.06. The number of benzene rings is 1. The number of nitrogens with zero attached hydrogens (tertiary/aromatic N) is 2. The van der Waals surface area contributed by atoms with Crippen molar-refractivity contribution < 1.29 is 4.79 Å². The lowest BCUT2D eigenvalue weighted by molar-refractivity contribution is -0.117. The van der Waals surface area contributed by atoms with Crippen LogP contribution < -0.4 is 4.90 Å². The van der Waals surface area contributed by atoms with Gasteiger partial charge in [-0.2, -0.15) is 0 Å². The fourth-order valence-electron chi connectivity index (χ4n) is 3.56. The molecule has 0 radical (unpaired) electrons. The summed E-state index contributed by atoms with van der Waals surface area (Å²) in [6.07, 6.45) is 6.45. The molecule has 1 aliphatic carbocycles. The van der Waals surface area contributed by atoms with Crippen LogP contribution >= 0.6 is 11.3 Å². The van der Waals surface area contributed by atoms with Crippen LogP contribution in [0.4, 0.5) is 5.00 Å². The number of fused-ring (bicyclic) bond motifs is 3. The molecule has 24 heavy (non-hydrogen) atoms. The highest BCUT2D eigenvalue weighted by atomic mass is 32.1. The molecular formula is C20H20N2OS. The number of hydrogen-bond donors (Lipinski definition) is 0. The van der Waals surface area contributed by atoms with E-state index in [2.05, 4.69) is 18.7 Å². The molecule has 2 aromatic rings. The number of aryl methyl sites for hydroxylation is 1. The third-order valence-corrected chi connectivity index (χ3v) is 5.98. The minimum atomic E-state index is 0.0562. The average molecular weight is 336 g/mol. The van der Waals surface area contributed by atoms with E-state index >= 15 is 0 Å². The molecule has 0 atom stereocenters. The largest absolute Gasteiger partial charge is 0.298 e. The second-order valence-corrected chi connectivity index (χ2v) is 7.30. The third kappa shape index (κ3) is 2.51. The van der Waals surface area contributed by atoms with Gasteiger partial charge in [-0.25, -0.2) is 0 Å². The summed E-state index contributed by atoms with van der Waals surface area (Å²) in [7, 11) is 0. The van der Waals surface area contributed by atoms with Crippen LogP contribution in [0.15, 0.2) is 48.0 Å². The minimum Gasteiger partial charge on any atom is -0.298 e. The molecular weight excluding hydrogens is 316 g/mol. The number of rotatable bonds is 3. The first-order valence-electron chi connectivity index (χ1n) is 8.45. The Bertz CT molecular complexity index is 820. The first kappa shape index (κ1) is 15.3. The Morgan fingerprint density at radius 3 is 2.79 bits per heavy atom. The van der Waals surface area contributed by atoms with Crippen molar-refractivity contribution in [3.63, 3.8) is 0 Å². The van der Waals surface area contributed by atoms with Crippen molar-refractivity contribution in [1.82, 2.24) is 0 Å². The highest BCUT2D eigenvalue weighted by molar-refractivity contribution is 7.17. The average Bonchev–Trinajstić information content (AvgIpc) is 2.93. The van der Waals surface area contributed by atoms with Crippen LogP contribution in [-0.4, -0.2) is 24.7 Å². The van der Waals surface area contributed by atoms with Gasteiger partial charge in [-0.1, -0.05) is 36.4 Å². The van der Waals surface area contributed by atoms with E-state index < -0.39 is 0 Å². The van der Waals surface area contributed by atoms with E-state index in [4.69, 9.17) is 4.99 Å². The molecule has 1 aromatic heterocycles. The number of carbonyl (C=O) groups excluding carboxylic acids is 1. The van der Waals surface area contributed by atoms with Crippen molar-refractivity contribution in [3.8, 4) is 0 Å². The molecule has 122 valence electrons. The molecule has 3 nitrogen and oxygen atoms in total. The Morgan fingerprint density at radius 2 is 2.00 bits per heavy atom. The fraction of sp³-hybridized carbons (Fsp3) is 0.300. The maximum atomic E-state index is 12.6. The first-order valence-corrected chi connectivity index (χ1v) is 9.27. The zero-order valence-corrected chi connectivity index (χ0v) is 14.4. The van der Waals surface area contributed by atoms with E-state index in [-0.39, 0.29) is 12.5 Å². The first-order chi connectivity index (χ1) is 11.8. The van der Waals surface area contributed by atoms with Crippen LogP contribution in [0.3, 0.4) is 0 Å². The molecule has 0 unspecified atom stereocenters. The molecule has 0 N–H and O–H groups in total. The van der Waals surface area contributed by atoms with Gasteiger partial charge in [0.05, 0.1) is 5.71 Å². The maximum absolute atomic E-state index is 12.6. The van der Waals surface area contributed by atoms with Gasteiger partial charge < -0.3 is 0 Å². The number of thiophene rings is 1. The van der Waals surface area contributed by atoms with Gasteiger partial charge in [0, 0.05) is 22.5 Å². The molecule has 0 bridgehead atoms. The van der Waals surface area contributed by atoms with Gasteiger partial charge in [0.1, 0.15) is 11.5 Å². The quantitative estimate of drug-likeness (QED) is 0.780. The Hall–Kier alpha value is -2.20. The van der Waals surface area contributed by atoms with Gasteiger partial charge in [0.2, 0.25) is 5.91 Å². The summed E-state index contributed by atoms with van der Waals surface area (Å²) in [6, 6.07) is 10.3. The van der Waals surface area contributed by atoms with Crippen LogP contribution in [0.5, 0.6) is 0 Å². The van der Waals surface area contributed by atoms with E-state index in [9.17, 15) is 4.79 Å². The predicted molar refractivity (Wildman–Crippen MR) is 100 cm³/mol. The van der Waals surface area contributed by atoms with Gasteiger partial charge in [0.25, 0.3) is 0 Å². The molecule has 0 spiro atoms. The highest BCUT2D eigenvalue weighted by Crippen LogP contribution is 2.42. The van der Waals surface area contributed by atoms with Gasteiger partial charge in [-0.3, -0.25) is 14.7 Å². The molecule has 0 fully saturated rings. The third-order valence-electron chi connectivity index (χ3n) is 4.67. The summed E-state index contributed by atoms with van der Waals surface area (Å²) in [5.41, 5.74) is 4.67. The topological polar surface area (TPSA) is 32.7 Å². The fourth-order valence-corrected chi connectivity index (χ4v) is 4.97. The Kier molecular flexibility index (Phi) is 4.07. The SMILES string of the molecule is C=CCN1C(=O)CN=C(c2ccccc2)c2c1sc1c2CCCC1. The number of amides is 1. The van der Waals surface area contributed by atoms with Crippen molar-refractivity contribution in [2.75, 3.05) is 18.0 Å². The minimum absolute atomic E-state index is 0.0562. The molecule has 4 heteroatoms. The van der Waals surface area contributed by atoms with Gasteiger partial charge >= 0.3 is 0 Å². The zero-order chi connectivity index (χ0) is 16.5. The van der Waals surface area contributed by atoms with Crippen LogP contribution in [0, 0.1) is 0 Å². The van der Waals surface area contributed by atoms with Gasteiger partial charge in [0.15, 0.2) is 0 Å². The number of carbonyl (C=O) groups is 1. The smallest absolute Gasteiger partial charge is 0.249 e. The molecule has 0 saturated carbocycles. The molecule has 0 saturated heterocycles. The van der Waals surface area contributed by atoms with E-state index in [1.54, 1.807) is 17.4 Å². The second kappa shape index (κ2) is 6.36. The van der Waals surface area contributed by atoms with Gasteiger partial charge in [-0.15, -0.1) is 17.9 Å².